The van der Waals surface area contributed by atoms with Crippen molar-refractivity contribution in [2.45, 2.75) is 31.7 Å². The molecular weight excluding hydrogens is 128 g/mol. The molecule has 1 saturated carbocycles. The molecule has 0 unspecified atom stereocenters. The van der Waals surface area contributed by atoms with Crippen LogP contribution in [0.4, 0.5) is 0 Å². The Bertz CT molecular complexity index is 119. The van der Waals surface area contributed by atoms with Crippen LogP contribution in [-0.2, 0) is 4.79 Å². The summed E-state index contributed by atoms with van der Waals surface area (Å²) in [6.07, 6.45) is 4.98. The van der Waals surface area contributed by atoms with E-state index >= 15 is 0 Å². The number of primary amides is 1. The van der Waals surface area contributed by atoms with Crippen molar-refractivity contribution in [2.75, 3.05) is 6.54 Å². The highest BCUT2D eigenvalue weighted by molar-refractivity contribution is 5.75. The van der Waals surface area contributed by atoms with E-state index in [-0.39, 0.29) is 5.91 Å². The van der Waals surface area contributed by atoms with Gasteiger partial charge in [0.1, 0.15) is 0 Å². The van der Waals surface area contributed by atoms with Crippen LogP contribution in [0.5, 0.6) is 0 Å². The second-order valence-electron chi connectivity index (χ2n) is 2.83. The minimum Gasteiger partial charge on any atom is -0.369 e. The van der Waals surface area contributed by atoms with E-state index in [0.29, 0.717) is 12.6 Å². The zero-order chi connectivity index (χ0) is 7.40. The number of nitrogens with two attached hydrogens (primary N) is 1. The van der Waals surface area contributed by atoms with Crippen LogP contribution in [0.3, 0.4) is 0 Å². The number of carbonyl (C=O) groups is 1. The third-order valence-corrected chi connectivity index (χ3v) is 1.92. The van der Waals surface area contributed by atoms with Gasteiger partial charge in [0.2, 0.25) is 5.91 Å². The van der Waals surface area contributed by atoms with Crippen molar-refractivity contribution >= 4 is 5.91 Å². The fraction of sp³-hybridized carbons (Fsp3) is 0.857. The van der Waals surface area contributed by atoms with Crippen LogP contribution in [0.1, 0.15) is 25.7 Å². The SMILES string of the molecule is NC(=O)CNC1CCCC1. The van der Waals surface area contributed by atoms with Gasteiger partial charge in [-0.05, 0) is 12.8 Å². The molecule has 1 rings (SSSR count). The smallest absolute Gasteiger partial charge is 0.231 e. The Labute approximate surface area is 61.0 Å². The van der Waals surface area contributed by atoms with Gasteiger partial charge in [0.25, 0.3) is 0 Å². The van der Waals surface area contributed by atoms with E-state index in [9.17, 15) is 4.79 Å². The summed E-state index contributed by atoms with van der Waals surface area (Å²) in [5.41, 5.74) is 4.97. The van der Waals surface area contributed by atoms with E-state index < -0.39 is 0 Å². The normalized spacial score (nSPS) is 19.6. The molecule has 1 aliphatic rings. The molecular formula is C7H14N2O. The second kappa shape index (κ2) is 3.56. The zero-order valence-corrected chi connectivity index (χ0v) is 6.10. The van der Waals surface area contributed by atoms with E-state index in [2.05, 4.69) is 5.32 Å². The fourth-order valence-corrected chi connectivity index (χ4v) is 1.37. The Hall–Kier alpha value is -0.570. The number of amides is 1. The van der Waals surface area contributed by atoms with Crippen molar-refractivity contribution in [3.8, 4) is 0 Å². The van der Waals surface area contributed by atoms with Crippen LogP contribution in [0.25, 0.3) is 0 Å². The van der Waals surface area contributed by atoms with Gasteiger partial charge in [-0.3, -0.25) is 4.79 Å². The largest absolute Gasteiger partial charge is 0.369 e. The van der Waals surface area contributed by atoms with Gasteiger partial charge in [-0.1, -0.05) is 12.8 Å². The van der Waals surface area contributed by atoms with Crippen LogP contribution in [0.2, 0.25) is 0 Å². The fourth-order valence-electron chi connectivity index (χ4n) is 1.37. The summed E-state index contributed by atoms with van der Waals surface area (Å²) in [4.78, 5) is 10.3. The van der Waals surface area contributed by atoms with Crippen molar-refractivity contribution in [1.29, 1.82) is 0 Å². The predicted octanol–water partition coefficient (Wildman–Crippen LogP) is 0.00390. The monoisotopic (exact) mass is 142 g/mol. The average Bonchev–Trinajstić information content (AvgIpc) is 2.34. The maximum atomic E-state index is 10.3. The minimum absolute atomic E-state index is 0.258. The molecule has 58 valence electrons. The predicted molar refractivity (Wildman–Crippen MR) is 39.5 cm³/mol. The average molecular weight is 142 g/mol. The summed E-state index contributed by atoms with van der Waals surface area (Å²) in [6, 6.07) is 0.549. The summed E-state index contributed by atoms with van der Waals surface area (Å²) >= 11 is 0. The van der Waals surface area contributed by atoms with Gasteiger partial charge in [-0.15, -0.1) is 0 Å². The van der Waals surface area contributed by atoms with Crippen molar-refractivity contribution in [2.24, 2.45) is 5.73 Å². The maximum absolute atomic E-state index is 10.3. The molecule has 3 nitrogen and oxygen atoms in total. The van der Waals surface area contributed by atoms with Gasteiger partial charge in [0.05, 0.1) is 6.54 Å². The quantitative estimate of drug-likeness (QED) is 0.583. The molecule has 10 heavy (non-hydrogen) atoms. The summed E-state index contributed by atoms with van der Waals surface area (Å²) in [5, 5.41) is 3.11. The Balaban J connectivity index is 2.07. The lowest BCUT2D eigenvalue weighted by Crippen LogP contribution is -2.34. The maximum Gasteiger partial charge on any atom is 0.231 e. The van der Waals surface area contributed by atoms with Crippen molar-refractivity contribution in [3.63, 3.8) is 0 Å². The molecule has 0 radical (unpaired) electrons. The Morgan fingerprint density at radius 2 is 2.10 bits per heavy atom. The highest BCUT2D eigenvalue weighted by Crippen LogP contribution is 2.16. The molecule has 3 N–H and O–H groups in total. The molecule has 0 aromatic heterocycles. The third kappa shape index (κ3) is 2.35. The van der Waals surface area contributed by atoms with Crippen molar-refractivity contribution in [3.05, 3.63) is 0 Å². The summed E-state index contributed by atoms with van der Waals surface area (Å²) in [6.45, 7) is 0.338. The van der Waals surface area contributed by atoms with Gasteiger partial charge in [0, 0.05) is 6.04 Å². The van der Waals surface area contributed by atoms with Gasteiger partial charge < -0.3 is 11.1 Å². The first-order valence-corrected chi connectivity index (χ1v) is 3.81. The van der Waals surface area contributed by atoms with E-state index in [4.69, 9.17) is 5.73 Å². The molecule has 0 spiro atoms. The molecule has 0 aromatic rings. The van der Waals surface area contributed by atoms with E-state index in [1.807, 2.05) is 0 Å². The first-order chi connectivity index (χ1) is 4.79. The summed E-state index contributed by atoms with van der Waals surface area (Å²) in [7, 11) is 0. The zero-order valence-electron chi connectivity index (χ0n) is 6.10. The van der Waals surface area contributed by atoms with Gasteiger partial charge in [0.15, 0.2) is 0 Å². The van der Waals surface area contributed by atoms with Crippen molar-refractivity contribution < 1.29 is 4.79 Å². The Kier molecular flexibility index (Phi) is 2.68. The summed E-state index contributed by atoms with van der Waals surface area (Å²) < 4.78 is 0. The topological polar surface area (TPSA) is 55.1 Å². The van der Waals surface area contributed by atoms with E-state index in [0.717, 1.165) is 0 Å². The number of nitrogens with one attached hydrogen (secondary N) is 1. The lowest BCUT2D eigenvalue weighted by atomic mass is 10.2. The molecule has 0 bridgehead atoms. The Morgan fingerprint density at radius 1 is 1.50 bits per heavy atom. The van der Waals surface area contributed by atoms with Crippen LogP contribution in [-0.4, -0.2) is 18.5 Å². The number of hydrogen-bond acceptors (Lipinski definition) is 2. The second-order valence-corrected chi connectivity index (χ2v) is 2.83. The molecule has 0 heterocycles. The first kappa shape index (κ1) is 7.54. The Morgan fingerprint density at radius 3 is 2.60 bits per heavy atom. The molecule has 1 aliphatic carbocycles. The summed E-state index contributed by atoms with van der Waals surface area (Å²) in [5.74, 6) is -0.258. The van der Waals surface area contributed by atoms with E-state index in [1.165, 1.54) is 25.7 Å². The van der Waals surface area contributed by atoms with Crippen LogP contribution in [0, 0.1) is 0 Å². The highest BCUT2D eigenvalue weighted by Gasteiger charge is 2.13. The lowest BCUT2D eigenvalue weighted by Gasteiger charge is -2.08. The number of rotatable bonds is 3. The van der Waals surface area contributed by atoms with Crippen LogP contribution in [0.15, 0.2) is 0 Å². The van der Waals surface area contributed by atoms with Gasteiger partial charge in [-0.2, -0.15) is 0 Å². The molecule has 0 atom stereocenters. The molecule has 3 heteroatoms. The van der Waals surface area contributed by atoms with Crippen molar-refractivity contribution in [1.82, 2.24) is 5.32 Å². The molecule has 1 fully saturated rings. The highest BCUT2D eigenvalue weighted by atomic mass is 16.1. The standard InChI is InChI=1S/C7H14N2O/c8-7(10)5-9-6-3-1-2-4-6/h6,9H,1-5H2,(H2,8,10). The lowest BCUT2D eigenvalue weighted by molar-refractivity contribution is -0.117. The van der Waals surface area contributed by atoms with Crippen LogP contribution >= 0.6 is 0 Å². The van der Waals surface area contributed by atoms with Gasteiger partial charge >= 0.3 is 0 Å². The number of carbonyl (C=O) groups excluding carboxylic acids is 1. The minimum atomic E-state index is -0.258. The molecule has 0 saturated heterocycles. The van der Waals surface area contributed by atoms with E-state index in [1.54, 1.807) is 0 Å². The molecule has 0 aliphatic heterocycles. The van der Waals surface area contributed by atoms with Gasteiger partial charge in [-0.25, -0.2) is 0 Å². The van der Waals surface area contributed by atoms with Crippen LogP contribution < -0.4 is 11.1 Å². The first-order valence-electron chi connectivity index (χ1n) is 3.81. The third-order valence-electron chi connectivity index (χ3n) is 1.92. The molecule has 1 amide bonds. The number of hydrogen-bond donors (Lipinski definition) is 2. The molecule has 0 aromatic carbocycles.